The number of hydrogen-bond donors (Lipinski definition) is 3. The molecule has 0 radical (unpaired) electrons. The maximum Gasteiger partial charge on any atom is 0.315 e. The number of hydrogen-bond acceptors (Lipinski definition) is 2. The van der Waals surface area contributed by atoms with E-state index in [1.165, 1.54) is 12.8 Å². The highest BCUT2D eigenvalue weighted by Crippen LogP contribution is 2.51. The molecule has 3 N–H and O–H groups in total. The molecule has 5 heteroatoms. The molecule has 0 aliphatic heterocycles. The molecule has 1 saturated carbocycles. The van der Waals surface area contributed by atoms with Gasteiger partial charge in [-0.15, -0.1) is 0 Å². The van der Waals surface area contributed by atoms with E-state index in [1.54, 1.807) is 0 Å². The lowest BCUT2D eigenvalue weighted by atomic mass is 9.92. The highest BCUT2D eigenvalue weighted by molar-refractivity contribution is 5.75. The van der Waals surface area contributed by atoms with Gasteiger partial charge in [-0.3, -0.25) is 4.79 Å². The molecule has 1 rings (SSSR count). The third-order valence-electron chi connectivity index (χ3n) is 4.11. The molecule has 5 nitrogen and oxygen atoms in total. The number of urea groups is 1. The van der Waals surface area contributed by atoms with Crippen molar-refractivity contribution in [1.29, 1.82) is 0 Å². The fourth-order valence-electron chi connectivity index (χ4n) is 2.40. The van der Waals surface area contributed by atoms with Crippen molar-refractivity contribution >= 4 is 12.0 Å². The van der Waals surface area contributed by atoms with Crippen LogP contribution in [0.5, 0.6) is 0 Å². The van der Waals surface area contributed by atoms with Gasteiger partial charge in [0.25, 0.3) is 0 Å². The molecule has 0 aromatic rings. The maximum atomic E-state index is 11.8. The van der Waals surface area contributed by atoms with Crippen molar-refractivity contribution in [3.05, 3.63) is 0 Å². The summed E-state index contributed by atoms with van der Waals surface area (Å²) in [5.41, 5.74) is 0.268. The van der Waals surface area contributed by atoms with Crippen molar-refractivity contribution in [2.24, 2.45) is 11.3 Å². The number of nitrogens with one attached hydrogen (secondary N) is 2. The Balaban J connectivity index is 2.34. The highest BCUT2D eigenvalue weighted by Gasteiger charge is 2.45. The fraction of sp³-hybridized carbons (Fsp3) is 0.857. The van der Waals surface area contributed by atoms with Gasteiger partial charge in [-0.25, -0.2) is 4.79 Å². The second kappa shape index (κ2) is 6.78. The maximum absolute atomic E-state index is 11.8. The van der Waals surface area contributed by atoms with Crippen molar-refractivity contribution in [3.8, 4) is 0 Å². The van der Waals surface area contributed by atoms with Gasteiger partial charge in [0.05, 0.1) is 6.42 Å². The largest absolute Gasteiger partial charge is 0.481 e. The van der Waals surface area contributed by atoms with E-state index in [0.29, 0.717) is 18.9 Å². The van der Waals surface area contributed by atoms with Gasteiger partial charge in [-0.05, 0) is 30.6 Å². The Morgan fingerprint density at radius 3 is 2.37 bits per heavy atom. The number of carboxylic acid groups (broad SMARTS) is 1. The smallest absolute Gasteiger partial charge is 0.315 e. The summed E-state index contributed by atoms with van der Waals surface area (Å²) < 4.78 is 0. The van der Waals surface area contributed by atoms with Crippen LogP contribution in [-0.2, 0) is 4.79 Å². The van der Waals surface area contributed by atoms with Crippen LogP contribution in [0.15, 0.2) is 0 Å². The number of carbonyl (C=O) groups is 2. The van der Waals surface area contributed by atoms with Gasteiger partial charge < -0.3 is 15.7 Å². The molecule has 2 amide bonds. The molecule has 1 fully saturated rings. The number of rotatable bonds is 8. The topological polar surface area (TPSA) is 78.4 Å². The normalized spacial score (nSPS) is 17.9. The Morgan fingerprint density at radius 2 is 1.95 bits per heavy atom. The van der Waals surface area contributed by atoms with Crippen LogP contribution < -0.4 is 10.6 Å². The van der Waals surface area contributed by atoms with Crippen molar-refractivity contribution in [2.45, 2.75) is 58.9 Å². The molecule has 0 aromatic carbocycles. The summed E-state index contributed by atoms with van der Waals surface area (Å²) in [6, 6.07) is -0.525. The Morgan fingerprint density at radius 1 is 1.32 bits per heavy atom. The summed E-state index contributed by atoms with van der Waals surface area (Å²) in [4.78, 5) is 22.5. The second-order valence-corrected chi connectivity index (χ2v) is 5.93. The van der Waals surface area contributed by atoms with Crippen LogP contribution in [0.1, 0.15) is 52.9 Å². The average molecular weight is 270 g/mol. The second-order valence-electron chi connectivity index (χ2n) is 5.93. The predicted octanol–water partition coefficient (Wildman–Crippen LogP) is 2.37. The summed E-state index contributed by atoms with van der Waals surface area (Å²) in [5.74, 6) is -0.308. The Labute approximate surface area is 115 Å². The van der Waals surface area contributed by atoms with E-state index in [9.17, 15) is 9.59 Å². The zero-order chi connectivity index (χ0) is 14.5. The van der Waals surface area contributed by atoms with E-state index < -0.39 is 5.97 Å². The van der Waals surface area contributed by atoms with Crippen molar-refractivity contribution < 1.29 is 14.7 Å². The quantitative estimate of drug-likeness (QED) is 0.633. The first-order valence-corrected chi connectivity index (χ1v) is 7.16. The monoisotopic (exact) mass is 270 g/mol. The summed E-state index contributed by atoms with van der Waals surface area (Å²) in [6.45, 7) is 7.02. The molecule has 0 spiro atoms. The van der Waals surface area contributed by atoms with Crippen LogP contribution in [0.2, 0.25) is 0 Å². The van der Waals surface area contributed by atoms with Gasteiger partial charge in [-0.2, -0.15) is 0 Å². The lowest BCUT2D eigenvalue weighted by Gasteiger charge is -2.22. The zero-order valence-corrected chi connectivity index (χ0v) is 12.2. The first-order chi connectivity index (χ1) is 8.89. The van der Waals surface area contributed by atoms with E-state index in [4.69, 9.17) is 5.11 Å². The van der Waals surface area contributed by atoms with Gasteiger partial charge in [-0.1, -0.05) is 27.2 Å². The van der Waals surface area contributed by atoms with Gasteiger partial charge >= 0.3 is 12.0 Å². The summed E-state index contributed by atoms with van der Waals surface area (Å²) in [6.07, 6.45) is 3.86. The molecule has 110 valence electrons. The third-order valence-corrected chi connectivity index (χ3v) is 4.11. The molecule has 1 aliphatic rings. The average Bonchev–Trinajstić information content (AvgIpc) is 3.06. The third kappa shape index (κ3) is 5.09. The highest BCUT2D eigenvalue weighted by atomic mass is 16.4. The Bertz CT molecular complexity index is 325. The minimum atomic E-state index is -0.875. The lowest BCUT2D eigenvalue weighted by Crippen LogP contribution is -2.45. The summed E-state index contributed by atoms with van der Waals surface area (Å²) >= 11 is 0. The molecule has 1 atom stereocenters. The lowest BCUT2D eigenvalue weighted by molar-refractivity contribution is -0.137. The van der Waals surface area contributed by atoms with Crippen LogP contribution in [0.25, 0.3) is 0 Å². The van der Waals surface area contributed by atoms with Crippen molar-refractivity contribution in [2.75, 3.05) is 6.54 Å². The molecule has 0 aromatic heterocycles. The molecule has 0 bridgehead atoms. The number of amides is 2. The molecule has 0 heterocycles. The SMILES string of the molecule is CCCC(CC(=O)O)NC(=O)NCC1(C(C)C)CC1. The van der Waals surface area contributed by atoms with Gasteiger partial charge in [0, 0.05) is 12.6 Å². The van der Waals surface area contributed by atoms with E-state index in [2.05, 4.69) is 24.5 Å². The van der Waals surface area contributed by atoms with Gasteiger partial charge in [0.2, 0.25) is 0 Å². The van der Waals surface area contributed by atoms with Crippen molar-refractivity contribution in [3.63, 3.8) is 0 Å². The van der Waals surface area contributed by atoms with E-state index in [1.807, 2.05) is 6.92 Å². The van der Waals surface area contributed by atoms with Crippen LogP contribution in [0.3, 0.4) is 0 Å². The van der Waals surface area contributed by atoms with E-state index in [0.717, 1.165) is 6.42 Å². The molecular weight excluding hydrogens is 244 g/mol. The van der Waals surface area contributed by atoms with E-state index >= 15 is 0 Å². The zero-order valence-electron chi connectivity index (χ0n) is 12.2. The number of carboxylic acids is 1. The minimum Gasteiger partial charge on any atom is -0.481 e. The molecule has 0 saturated heterocycles. The predicted molar refractivity (Wildman–Crippen MR) is 74.0 cm³/mol. The van der Waals surface area contributed by atoms with Gasteiger partial charge in [0.1, 0.15) is 0 Å². The molecular formula is C14H26N2O3. The Hall–Kier alpha value is -1.26. The van der Waals surface area contributed by atoms with Crippen LogP contribution in [0.4, 0.5) is 4.79 Å². The fourth-order valence-corrected chi connectivity index (χ4v) is 2.40. The number of aliphatic carboxylic acids is 1. The molecule has 19 heavy (non-hydrogen) atoms. The minimum absolute atomic E-state index is 0.0173. The number of carbonyl (C=O) groups excluding carboxylic acids is 1. The summed E-state index contributed by atoms with van der Waals surface area (Å²) in [7, 11) is 0. The molecule has 1 aliphatic carbocycles. The first kappa shape index (κ1) is 15.8. The van der Waals surface area contributed by atoms with Crippen LogP contribution >= 0.6 is 0 Å². The van der Waals surface area contributed by atoms with Gasteiger partial charge in [0.15, 0.2) is 0 Å². The molecule has 1 unspecified atom stereocenters. The van der Waals surface area contributed by atoms with Crippen LogP contribution in [0, 0.1) is 11.3 Å². The standard InChI is InChI=1S/C14H26N2O3/c1-4-5-11(8-12(17)18)16-13(19)15-9-14(6-7-14)10(2)3/h10-11H,4-9H2,1-3H3,(H,17,18)(H2,15,16,19). The first-order valence-electron chi connectivity index (χ1n) is 7.16. The van der Waals surface area contributed by atoms with Crippen molar-refractivity contribution in [1.82, 2.24) is 10.6 Å². The summed E-state index contributed by atoms with van der Waals surface area (Å²) in [5, 5.41) is 14.4. The van der Waals surface area contributed by atoms with E-state index in [-0.39, 0.29) is 23.9 Å². The van der Waals surface area contributed by atoms with Crippen LogP contribution in [-0.4, -0.2) is 29.7 Å². The Kier molecular flexibility index (Phi) is 5.63.